The molecule has 0 heterocycles. The zero-order chi connectivity index (χ0) is 13.0. The van der Waals surface area contributed by atoms with Crippen molar-refractivity contribution in [3.8, 4) is 0 Å². The van der Waals surface area contributed by atoms with Gasteiger partial charge in [-0.25, -0.2) is 13.1 Å². The minimum absolute atomic E-state index is 0.284. The normalized spacial score (nSPS) is 15.6. The fourth-order valence-corrected chi connectivity index (χ4v) is 2.37. The number of hydrogen-bond acceptors (Lipinski definition) is 4. The molecule has 1 saturated carbocycles. The summed E-state index contributed by atoms with van der Waals surface area (Å²) in [5, 5.41) is 6.65. The molecule has 0 atom stereocenters. The highest BCUT2D eigenvalue weighted by Crippen LogP contribution is 2.18. The van der Waals surface area contributed by atoms with E-state index in [1.807, 2.05) is 0 Å². The lowest BCUT2D eigenvalue weighted by Crippen LogP contribution is -2.24. The maximum atomic E-state index is 11.5. The number of anilines is 1. The number of sulfonamides is 1. The van der Waals surface area contributed by atoms with Crippen molar-refractivity contribution in [2.24, 2.45) is 0 Å². The average Bonchev–Trinajstić information content (AvgIpc) is 3.19. The lowest BCUT2D eigenvalue weighted by molar-refractivity contribution is 0.588. The van der Waals surface area contributed by atoms with Gasteiger partial charge in [-0.2, -0.15) is 0 Å². The van der Waals surface area contributed by atoms with Crippen LogP contribution in [0.2, 0.25) is 0 Å². The van der Waals surface area contributed by atoms with E-state index in [0.29, 0.717) is 0 Å². The fourth-order valence-electron chi connectivity index (χ4n) is 1.64. The Bertz CT molecular complexity index is 481. The molecule has 1 fully saturated rings. The smallest absolute Gasteiger partial charge is 0.240 e. The molecular weight excluding hydrogens is 250 g/mol. The van der Waals surface area contributed by atoms with Crippen molar-refractivity contribution in [3.05, 3.63) is 24.3 Å². The van der Waals surface area contributed by atoms with Gasteiger partial charge in [0, 0.05) is 24.8 Å². The zero-order valence-electron chi connectivity index (χ0n) is 10.4. The largest absolute Gasteiger partial charge is 0.384 e. The van der Waals surface area contributed by atoms with Crippen molar-refractivity contribution in [2.75, 3.05) is 25.5 Å². The van der Waals surface area contributed by atoms with E-state index in [1.165, 1.54) is 19.9 Å². The third-order valence-corrected chi connectivity index (χ3v) is 4.33. The van der Waals surface area contributed by atoms with Crippen LogP contribution in [0.1, 0.15) is 12.8 Å². The van der Waals surface area contributed by atoms with Gasteiger partial charge in [-0.1, -0.05) is 0 Å². The Morgan fingerprint density at radius 1 is 1.17 bits per heavy atom. The monoisotopic (exact) mass is 269 g/mol. The third kappa shape index (κ3) is 3.69. The van der Waals surface area contributed by atoms with Gasteiger partial charge in [0.25, 0.3) is 0 Å². The van der Waals surface area contributed by atoms with Gasteiger partial charge in [-0.15, -0.1) is 0 Å². The molecule has 1 aliphatic rings. The minimum atomic E-state index is -3.33. The highest BCUT2D eigenvalue weighted by atomic mass is 32.2. The van der Waals surface area contributed by atoms with Crippen molar-refractivity contribution in [1.82, 2.24) is 10.0 Å². The van der Waals surface area contributed by atoms with Crippen LogP contribution in [0, 0.1) is 0 Å². The van der Waals surface area contributed by atoms with Crippen molar-refractivity contribution in [3.63, 3.8) is 0 Å². The Labute approximate surface area is 108 Å². The molecule has 18 heavy (non-hydrogen) atoms. The standard InChI is InChI=1S/C12H19N3O2S/c1-13-18(16,17)12-6-4-11(5-7-12)15-9-8-14-10-2-3-10/h4-7,10,13-15H,2-3,8-9H2,1H3. The fraction of sp³-hybridized carbons (Fsp3) is 0.500. The van der Waals surface area contributed by atoms with E-state index >= 15 is 0 Å². The van der Waals surface area contributed by atoms with Crippen LogP contribution in [0.15, 0.2) is 29.2 Å². The summed E-state index contributed by atoms with van der Waals surface area (Å²) in [5.74, 6) is 0. The average molecular weight is 269 g/mol. The molecule has 0 bridgehead atoms. The number of nitrogens with one attached hydrogen (secondary N) is 3. The van der Waals surface area contributed by atoms with Crippen LogP contribution >= 0.6 is 0 Å². The maximum Gasteiger partial charge on any atom is 0.240 e. The van der Waals surface area contributed by atoms with Crippen LogP contribution in [-0.4, -0.2) is 34.6 Å². The summed E-state index contributed by atoms with van der Waals surface area (Å²) in [5.41, 5.74) is 0.933. The van der Waals surface area contributed by atoms with Crippen molar-refractivity contribution in [1.29, 1.82) is 0 Å². The van der Waals surface area contributed by atoms with E-state index in [2.05, 4.69) is 15.4 Å². The molecule has 0 aliphatic heterocycles. The van der Waals surface area contributed by atoms with Crippen LogP contribution in [0.25, 0.3) is 0 Å². The van der Waals surface area contributed by atoms with Gasteiger partial charge in [0.1, 0.15) is 0 Å². The summed E-state index contributed by atoms with van der Waals surface area (Å²) in [6.07, 6.45) is 2.58. The van der Waals surface area contributed by atoms with E-state index in [9.17, 15) is 8.42 Å². The highest BCUT2D eigenvalue weighted by molar-refractivity contribution is 7.89. The van der Waals surface area contributed by atoms with Crippen LogP contribution in [0.3, 0.4) is 0 Å². The molecule has 5 nitrogen and oxygen atoms in total. The molecule has 0 amide bonds. The summed E-state index contributed by atoms with van der Waals surface area (Å²) in [4.78, 5) is 0.284. The molecule has 3 N–H and O–H groups in total. The molecule has 100 valence electrons. The van der Waals surface area contributed by atoms with Gasteiger partial charge in [0.2, 0.25) is 10.0 Å². The molecular formula is C12H19N3O2S. The third-order valence-electron chi connectivity index (χ3n) is 2.90. The van der Waals surface area contributed by atoms with Gasteiger partial charge in [0.15, 0.2) is 0 Å². The Morgan fingerprint density at radius 2 is 1.83 bits per heavy atom. The molecule has 2 rings (SSSR count). The Hall–Kier alpha value is -1.11. The van der Waals surface area contributed by atoms with E-state index in [-0.39, 0.29) is 4.90 Å². The molecule has 6 heteroatoms. The summed E-state index contributed by atoms with van der Waals surface area (Å²) in [6.45, 7) is 1.77. The summed E-state index contributed by atoms with van der Waals surface area (Å²) in [7, 11) is -1.93. The molecule has 1 aliphatic carbocycles. The second-order valence-corrected chi connectivity index (χ2v) is 6.27. The van der Waals surface area contributed by atoms with Crippen LogP contribution in [-0.2, 0) is 10.0 Å². The van der Waals surface area contributed by atoms with Crippen LogP contribution < -0.4 is 15.4 Å². The molecule has 0 unspecified atom stereocenters. The molecule has 1 aromatic carbocycles. The first-order valence-corrected chi connectivity index (χ1v) is 7.61. The number of rotatable bonds is 7. The van der Waals surface area contributed by atoms with E-state index in [0.717, 1.165) is 24.8 Å². The van der Waals surface area contributed by atoms with Crippen molar-refractivity contribution < 1.29 is 8.42 Å². The quantitative estimate of drug-likeness (QED) is 0.639. The van der Waals surface area contributed by atoms with Crippen molar-refractivity contribution >= 4 is 15.7 Å². The zero-order valence-corrected chi connectivity index (χ0v) is 11.3. The molecule has 0 aromatic heterocycles. The Balaban J connectivity index is 1.83. The molecule has 0 radical (unpaired) electrons. The topological polar surface area (TPSA) is 70.2 Å². The predicted molar refractivity (Wildman–Crippen MR) is 72.2 cm³/mol. The van der Waals surface area contributed by atoms with Crippen LogP contribution in [0.5, 0.6) is 0 Å². The van der Waals surface area contributed by atoms with Gasteiger partial charge in [0.05, 0.1) is 4.90 Å². The Morgan fingerprint density at radius 3 is 2.39 bits per heavy atom. The second kappa shape index (κ2) is 5.69. The highest BCUT2D eigenvalue weighted by Gasteiger charge is 2.19. The molecule has 0 spiro atoms. The SMILES string of the molecule is CNS(=O)(=O)c1ccc(NCCNC2CC2)cc1. The number of benzene rings is 1. The van der Waals surface area contributed by atoms with Gasteiger partial charge in [-0.05, 0) is 44.2 Å². The van der Waals surface area contributed by atoms with E-state index in [1.54, 1.807) is 24.3 Å². The van der Waals surface area contributed by atoms with E-state index in [4.69, 9.17) is 0 Å². The van der Waals surface area contributed by atoms with E-state index < -0.39 is 10.0 Å². The Kier molecular flexibility index (Phi) is 4.21. The molecule has 0 saturated heterocycles. The van der Waals surface area contributed by atoms with Gasteiger partial charge < -0.3 is 10.6 Å². The first kappa shape index (κ1) is 13.3. The lowest BCUT2D eigenvalue weighted by Gasteiger charge is -2.08. The maximum absolute atomic E-state index is 11.5. The predicted octanol–water partition coefficient (Wildman–Crippen LogP) is 0.759. The second-order valence-electron chi connectivity index (χ2n) is 4.39. The minimum Gasteiger partial charge on any atom is -0.384 e. The lowest BCUT2D eigenvalue weighted by atomic mass is 10.3. The first-order valence-electron chi connectivity index (χ1n) is 6.13. The summed E-state index contributed by atoms with van der Waals surface area (Å²) in [6, 6.07) is 7.48. The summed E-state index contributed by atoms with van der Waals surface area (Å²) >= 11 is 0. The molecule has 1 aromatic rings. The van der Waals surface area contributed by atoms with Gasteiger partial charge in [-0.3, -0.25) is 0 Å². The van der Waals surface area contributed by atoms with Gasteiger partial charge >= 0.3 is 0 Å². The summed E-state index contributed by atoms with van der Waals surface area (Å²) < 4.78 is 25.3. The number of hydrogen-bond donors (Lipinski definition) is 3. The first-order chi connectivity index (χ1) is 8.62. The van der Waals surface area contributed by atoms with Crippen molar-refractivity contribution in [2.45, 2.75) is 23.8 Å². The van der Waals surface area contributed by atoms with Crippen LogP contribution in [0.4, 0.5) is 5.69 Å².